The minimum atomic E-state index is -4.46. The highest BCUT2D eigenvalue weighted by Gasteiger charge is 2.38. The van der Waals surface area contributed by atoms with E-state index in [9.17, 15) is 13.2 Å². The van der Waals surface area contributed by atoms with E-state index >= 15 is 0 Å². The van der Waals surface area contributed by atoms with E-state index in [1.165, 1.54) is 23.8 Å². The molecule has 0 aromatic heterocycles. The molecule has 0 N–H and O–H groups in total. The van der Waals surface area contributed by atoms with Gasteiger partial charge in [0.1, 0.15) is 0 Å². The molecule has 1 aliphatic rings. The lowest BCUT2D eigenvalue weighted by Gasteiger charge is -2.42. The molecule has 1 aliphatic carbocycles. The lowest BCUT2D eigenvalue weighted by atomic mass is 9.62. The second-order valence-electron chi connectivity index (χ2n) is 9.28. The Morgan fingerprint density at radius 2 is 1.48 bits per heavy atom. The van der Waals surface area contributed by atoms with E-state index < -0.39 is 11.7 Å². The Morgan fingerprint density at radius 3 is 1.97 bits per heavy atom. The molecule has 2 aromatic carbocycles. The fraction of sp³-hybridized carbons (Fsp3) is 0.400. The maximum absolute atomic E-state index is 13.9. The van der Waals surface area contributed by atoms with E-state index in [4.69, 9.17) is 0 Å². The van der Waals surface area contributed by atoms with E-state index in [0.29, 0.717) is 11.3 Å². The summed E-state index contributed by atoms with van der Waals surface area (Å²) in [7, 11) is 0. The molecule has 0 heterocycles. The Balaban J connectivity index is 2.19. The zero-order chi connectivity index (χ0) is 21.6. The van der Waals surface area contributed by atoms with E-state index in [-0.39, 0.29) is 16.4 Å². The molecule has 0 bridgehead atoms. The molecule has 0 radical (unpaired) electrons. The first-order valence-electron chi connectivity index (χ1n) is 9.87. The molecule has 0 atom stereocenters. The predicted octanol–water partition coefficient (Wildman–Crippen LogP) is 7.78. The van der Waals surface area contributed by atoms with E-state index in [1.807, 2.05) is 13.0 Å². The number of hydrogen-bond acceptors (Lipinski definition) is 1. The molecule has 0 fully saturated rings. The van der Waals surface area contributed by atoms with Crippen molar-refractivity contribution in [1.82, 2.24) is 0 Å². The van der Waals surface area contributed by atoms with Gasteiger partial charge in [0.25, 0.3) is 0 Å². The van der Waals surface area contributed by atoms with Gasteiger partial charge in [-0.3, -0.25) is 4.99 Å². The van der Waals surface area contributed by atoms with Gasteiger partial charge >= 0.3 is 6.18 Å². The highest BCUT2D eigenvalue weighted by molar-refractivity contribution is 5.85. The fourth-order valence-electron chi connectivity index (χ4n) is 4.13. The van der Waals surface area contributed by atoms with Crippen LogP contribution in [-0.4, -0.2) is 12.9 Å². The van der Waals surface area contributed by atoms with Crippen LogP contribution in [0.2, 0.25) is 0 Å². The van der Waals surface area contributed by atoms with Crippen molar-refractivity contribution in [3.63, 3.8) is 0 Å². The Labute approximate surface area is 171 Å². The molecule has 3 rings (SSSR count). The zero-order valence-electron chi connectivity index (χ0n) is 17.7. The van der Waals surface area contributed by atoms with Gasteiger partial charge < -0.3 is 0 Å². The zero-order valence-corrected chi connectivity index (χ0v) is 17.7. The van der Waals surface area contributed by atoms with Crippen LogP contribution in [0.25, 0.3) is 11.6 Å². The number of rotatable bonds is 3. The van der Waals surface area contributed by atoms with Gasteiger partial charge in [0.2, 0.25) is 0 Å². The topological polar surface area (TPSA) is 12.4 Å². The predicted molar refractivity (Wildman–Crippen MR) is 116 cm³/mol. The number of hydrogen-bond donors (Lipinski definition) is 0. The van der Waals surface area contributed by atoms with Gasteiger partial charge in [-0.15, -0.1) is 0 Å². The van der Waals surface area contributed by atoms with Crippen molar-refractivity contribution in [2.75, 3.05) is 0 Å². The van der Waals surface area contributed by atoms with Gasteiger partial charge in [0.15, 0.2) is 0 Å². The SMILES string of the molecule is C=Nc1ccc(C(=Cc2cc3c(cc2C)C(C)(C)CCC3(C)C)C(F)(F)F)cc1. The third-order valence-electron chi connectivity index (χ3n) is 6.21. The molecule has 154 valence electrons. The lowest BCUT2D eigenvalue weighted by molar-refractivity contribution is -0.0683. The van der Waals surface area contributed by atoms with Crippen molar-refractivity contribution >= 4 is 24.1 Å². The van der Waals surface area contributed by atoms with Crippen LogP contribution in [0.3, 0.4) is 0 Å². The van der Waals surface area contributed by atoms with Gasteiger partial charge in [-0.05, 0) is 83.3 Å². The number of fused-ring (bicyclic) bond motifs is 1. The maximum atomic E-state index is 13.9. The Kier molecular flexibility index (Phi) is 5.27. The maximum Gasteiger partial charge on any atom is 0.417 e. The second-order valence-corrected chi connectivity index (χ2v) is 9.28. The summed E-state index contributed by atoms with van der Waals surface area (Å²) in [4.78, 5) is 3.76. The summed E-state index contributed by atoms with van der Waals surface area (Å²) in [6.45, 7) is 14.1. The minimum absolute atomic E-state index is 0.0260. The smallest absolute Gasteiger partial charge is 0.265 e. The van der Waals surface area contributed by atoms with Gasteiger partial charge in [-0.1, -0.05) is 52.0 Å². The summed E-state index contributed by atoms with van der Waals surface area (Å²) < 4.78 is 41.7. The number of benzene rings is 2. The molecular formula is C25H28F3N. The standard InChI is InChI=1S/C25H28F3N/c1-16-13-21-22(24(4,5)12-11-23(21,2)3)15-18(16)14-20(25(26,27)28)17-7-9-19(29-6)10-8-17/h7-10,13-15H,6,11-12H2,1-5H3. The molecule has 0 saturated carbocycles. The Hall–Kier alpha value is -2.36. The number of allylic oxidation sites excluding steroid dienone is 1. The number of aliphatic imine (C=N–C) groups is 1. The summed E-state index contributed by atoms with van der Waals surface area (Å²) >= 11 is 0. The first kappa shape index (κ1) is 21.4. The molecule has 1 nitrogen and oxygen atoms in total. The second kappa shape index (κ2) is 7.16. The monoisotopic (exact) mass is 399 g/mol. The lowest BCUT2D eigenvalue weighted by Crippen LogP contribution is -2.34. The first-order valence-corrected chi connectivity index (χ1v) is 9.87. The number of alkyl halides is 3. The van der Waals surface area contributed by atoms with Crippen LogP contribution in [0.4, 0.5) is 18.9 Å². The van der Waals surface area contributed by atoms with Crippen LogP contribution in [0.5, 0.6) is 0 Å². The quantitative estimate of drug-likeness (QED) is 0.369. The largest absolute Gasteiger partial charge is 0.417 e. The fourth-order valence-corrected chi connectivity index (χ4v) is 4.13. The van der Waals surface area contributed by atoms with E-state index in [1.54, 1.807) is 12.1 Å². The third-order valence-corrected chi connectivity index (χ3v) is 6.21. The van der Waals surface area contributed by atoms with Crippen LogP contribution >= 0.6 is 0 Å². The van der Waals surface area contributed by atoms with E-state index in [2.05, 4.69) is 45.5 Å². The third kappa shape index (κ3) is 4.17. The summed E-state index contributed by atoms with van der Waals surface area (Å²) in [5.74, 6) is 0. The van der Waals surface area contributed by atoms with Crippen LogP contribution in [0, 0.1) is 6.92 Å². The van der Waals surface area contributed by atoms with Crippen molar-refractivity contribution in [3.8, 4) is 0 Å². The van der Waals surface area contributed by atoms with Crippen LogP contribution in [0.1, 0.15) is 68.4 Å². The molecule has 0 unspecified atom stereocenters. The highest BCUT2D eigenvalue weighted by Crippen LogP contribution is 2.47. The molecule has 0 saturated heterocycles. The average molecular weight is 400 g/mol. The van der Waals surface area contributed by atoms with Gasteiger partial charge in [0, 0.05) is 0 Å². The summed E-state index contributed by atoms with van der Waals surface area (Å²) in [6.07, 6.45) is -1.09. The molecule has 0 aliphatic heterocycles. The molecular weight excluding hydrogens is 371 g/mol. The minimum Gasteiger partial charge on any atom is -0.265 e. The molecule has 0 amide bonds. The summed E-state index contributed by atoms with van der Waals surface area (Å²) in [5, 5.41) is 0. The summed E-state index contributed by atoms with van der Waals surface area (Å²) in [6, 6.07) is 10.0. The van der Waals surface area contributed by atoms with Crippen molar-refractivity contribution in [1.29, 1.82) is 0 Å². The summed E-state index contributed by atoms with van der Waals surface area (Å²) in [5.41, 5.74) is 3.87. The van der Waals surface area contributed by atoms with Crippen LogP contribution < -0.4 is 0 Å². The van der Waals surface area contributed by atoms with Crippen LogP contribution in [0.15, 0.2) is 41.4 Å². The molecule has 4 heteroatoms. The van der Waals surface area contributed by atoms with E-state index in [0.717, 1.165) is 24.0 Å². The van der Waals surface area contributed by atoms with Crippen molar-refractivity contribution in [2.45, 2.75) is 64.5 Å². The van der Waals surface area contributed by atoms with Gasteiger partial charge in [-0.2, -0.15) is 13.2 Å². The Morgan fingerprint density at radius 1 is 0.966 bits per heavy atom. The molecule has 29 heavy (non-hydrogen) atoms. The van der Waals surface area contributed by atoms with Crippen molar-refractivity contribution in [2.24, 2.45) is 4.99 Å². The first-order chi connectivity index (χ1) is 13.3. The number of nitrogens with zero attached hydrogens (tertiary/aromatic N) is 1. The van der Waals surface area contributed by atoms with Gasteiger partial charge in [-0.25, -0.2) is 0 Å². The average Bonchev–Trinajstić information content (AvgIpc) is 2.63. The highest BCUT2D eigenvalue weighted by atomic mass is 19.4. The van der Waals surface area contributed by atoms with Crippen LogP contribution in [-0.2, 0) is 10.8 Å². The van der Waals surface area contributed by atoms with Crippen molar-refractivity contribution < 1.29 is 13.2 Å². The number of halogens is 3. The number of aryl methyl sites for hydroxylation is 1. The normalized spacial score (nSPS) is 18.3. The van der Waals surface area contributed by atoms with Gasteiger partial charge in [0.05, 0.1) is 11.3 Å². The molecule has 2 aromatic rings. The Bertz CT molecular complexity index is 961. The molecule has 0 spiro atoms. The van der Waals surface area contributed by atoms with Crippen molar-refractivity contribution in [3.05, 3.63) is 64.2 Å².